The average Bonchev–Trinajstić information content (AvgIpc) is 3.07. The minimum Gasteiger partial charge on any atom is -0.497 e. The highest BCUT2D eigenvalue weighted by Crippen LogP contribution is 2.23. The lowest BCUT2D eigenvalue weighted by Crippen LogP contribution is -2.21. The Balaban J connectivity index is 1.87. The number of esters is 1. The molecular formula is C21H22N2O5S. The summed E-state index contributed by atoms with van der Waals surface area (Å²) in [5, 5.41) is 0. The van der Waals surface area contributed by atoms with Crippen LogP contribution in [0.25, 0.3) is 10.2 Å². The van der Waals surface area contributed by atoms with E-state index < -0.39 is 5.91 Å². The Morgan fingerprint density at radius 2 is 1.90 bits per heavy atom. The first-order valence-corrected chi connectivity index (χ1v) is 10.0. The number of thiazole rings is 1. The van der Waals surface area contributed by atoms with Gasteiger partial charge in [0.25, 0.3) is 5.91 Å². The molecular weight excluding hydrogens is 392 g/mol. The second-order valence-corrected chi connectivity index (χ2v) is 7.04. The summed E-state index contributed by atoms with van der Waals surface area (Å²) in [5.41, 5.74) is 0.871. The van der Waals surface area contributed by atoms with E-state index in [9.17, 15) is 9.59 Å². The van der Waals surface area contributed by atoms with Gasteiger partial charge in [-0.1, -0.05) is 29.5 Å². The van der Waals surface area contributed by atoms with E-state index in [1.165, 1.54) is 11.3 Å². The van der Waals surface area contributed by atoms with E-state index in [4.69, 9.17) is 14.2 Å². The van der Waals surface area contributed by atoms with Gasteiger partial charge in [0.15, 0.2) is 11.4 Å². The predicted molar refractivity (Wildman–Crippen MR) is 110 cm³/mol. The number of para-hydroxylation sites is 1. The Bertz CT molecular complexity index is 1060. The minimum absolute atomic E-state index is 0.167. The molecule has 1 heterocycles. The van der Waals surface area contributed by atoms with Gasteiger partial charge in [-0.25, -0.2) is 0 Å². The van der Waals surface area contributed by atoms with Gasteiger partial charge in [0.1, 0.15) is 11.5 Å². The van der Waals surface area contributed by atoms with Gasteiger partial charge in [0, 0.05) is 6.54 Å². The van der Waals surface area contributed by atoms with Gasteiger partial charge in [-0.3, -0.25) is 9.59 Å². The fraction of sp³-hybridized carbons (Fsp3) is 0.286. The van der Waals surface area contributed by atoms with Gasteiger partial charge >= 0.3 is 5.97 Å². The van der Waals surface area contributed by atoms with E-state index in [1.54, 1.807) is 26.2 Å². The number of carbonyl (C=O) groups excluding carboxylic acids is 2. The van der Waals surface area contributed by atoms with Crippen molar-refractivity contribution in [2.75, 3.05) is 20.3 Å². The number of benzene rings is 2. The highest BCUT2D eigenvalue weighted by Gasteiger charge is 2.12. The van der Waals surface area contributed by atoms with Crippen LogP contribution >= 0.6 is 11.3 Å². The molecule has 8 heteroatoms. The highest BCUT2D eigenvalue weighted by molar-refractivity contribution is 7.16. The zero-order valence-corrected chi connectivity index (χ0v) is 17.1. The van der Waals surface area contributed by atoms with Gasteiger partial charge in [-0.15, -0.1) is 0 Å². The molecule has 0 unspecified atom stereocenters. The van der Waals surface area contributed by atoms with Crippen LogP contribution in [0, 0.1) is 0 Å². The summed E-state index contributed by atoms with van der Waals surface area (Å²) >= 11 is 1.36. The molecule has 3 rings (SSSR count). The van der Waals surface area contributed by atoms with Crippen molar-refractivity contribution in [3.05, 3.63) is 53.3 Å². The van der Waals surface area contributed by atoms with Crippen molar-refractivity contribution < 1.29 is 23.8 Å². The van der Waals surface area contributed by atoms with Crippen LogP contribution in [0.5, 0.6) is 11.5 Å². The van der Waals surface area contributed by atoms with Crippen LogP contribution < -0.4 is 14.3 Å². The van der Waals surface area contributed by atoms with E-state index >= 15 is 0 Å². The SMILES string of the molecule is CCOC(=O)CCn1c(=NC(=O)COc2ccccc2)sc2cc(OC)ccc21. The van der Waals surface area contributed by atoms with E-state index in [0.29, 0.717) is 29.5 Å². The van der Waals surface area contributed by atoms with Crippen LogP contribution in [0.1, 0.15) is 13.3 Å². The maximum atomic E-state index is 12.4. The number of nitrogens with zero attached hydrogens (tertiary/aromatic N) is 2. The zero-order valence-electron chi connectivity index (χ0n) is 16.3. The fourth-order valence-corrected chi connectivity index (χ4v) is 3.82. The Morgan fingerprint density at radius 1 is 1.10 bits per heavy atom. The molecule has 152 valence electrons. The molecule has 0 bridgehead atoms. The van der Waals surface area contributed by atoms with Crippen molar-refractivity contribution in [2.24, 2.45) is 4.99 Å². The Kier molecular flexibility index (Phi) is 7.02. The molecule has 2 aromatic carbocycles. The summed E-state index contributed by atoms with van der Waals surface area (Å²) in [6.07, 6.45) is 0.188. The molecule has 0 N–H and O–H groups in total. The monoisotopic (exact) mass is 414 g/mol. The van der Waals surface area contributed by atoms with Gasteiger partial charge < -0.3 is 18.8 Å². The molecule has 0 saturated carbocycles. The number of ether oxygens (including phenoxy) is 3. The molecule has 7 nitrogen and oxygen atoms in total. The van der Waals surface area contributed by atoms with E-state index in [1.807, 2.05) is 41.0 Å². The van der Waals surface area contributed by atoms with E-state index in [-0.39, 0.29) is 19.0 Å². The largest absolute Gasteiger partial charge is 0.497 e. The molecule has 29 heavy (non-hydrogen) atoms. The third-order valence-electron chi connectivity index (χ3n) is 4.06. The molecule has 0 aliphatic heterocycles. The Hall–Kier alpha value is -3.13. The molecule has 0 fully saturated rings. The van der Waals surface area contributed by atoms with Crippen molar-refractivity contribution >= 4 is 33.4 Å². The van der Waals surface area contributed by atoms with E-state index in [2.05, 4.69) is 4.99 Å². The summed E-state index contributed by atoms with van der Waals surface area (Å²) in [4.78, 5) is 28.9. The Labute approximate surface area is 172 Å². The van der Waals surface area contributed by atoms with Gasteiger partial charge in [-0.2, -0.15) is 4.99 Å². The molecule has 0 saturated heterocycles. The smallest absolute Gasteiger partial charge is 0.307 e. The van der Waals surface area contributed by atoms with Crippen LogP contribution in [0.15, 0.2) is 53.5 Å². The summed E-state index contributed by atoms with van der Waals surface area (Å²) < 4.78 is 18.5. The number of methoxy groups -OCH3 is 1. The number of aryl methyl sites for hydroxylation is 1. The minimum atomic E-state index is -0.405. The van der Waals surface area contributed by atoms with Crippen LogP contribution in [0.3, 0.4) is 0 Å². The quantitative estimate of drug-likeness (QED) is 0.529. The number of hydrogen-bond donors (Lipinski definition) is 0. The second-order valence-electron chi connectivity index (χ2n) is 6.03. The number of aromatic nitrogens is 1. The van der Waals surface area contributed by atoms with Crippen molar-refractivity contribution in [3.63, 3.8) is 0 Å². The topological polar surface area (TPSA) is 79.1 Å². The molecule has 0 aliphatic carbocycles. The standard InChI is InChI=1S/C21H22N2O5S/c1-3-27-20(25)11-12-23-17-10-9-16(26-2)13-18(17)29-21(23)22-19(24)14-28-15-7-5-4-6-8-15/h4-10,13H,3,11-12,14H2,1-2H3. The van der Waals surface area contributed by atoms with Crippen LogP contribution in [-0.4, -0.2) is 36.8 Å². The number of rotatable bonds is 8. The second kappa shape index (κ2) is 9.88. The van der Waals surface area contributed by atoms with Crippen molar-refractivity contribution in [2.45, 2.75) is 19.9 Å². The summed E-state index contributed by atoms with van der Waals surface area (Å²) in [5.74, 6) is 0.615. The first-order chi connectivity index (χ1) is 14.1. The molecule has 1 aromatic heterocycles. The lowest BCUT2D eigenvalue weighted by Gasteiger charge is -2.06. The molecule has 0 atom stereocenters. The zero-order chi connectivity index (χ0) is 20.6. The van der Waals surface area contributed by atoms with Gasteiger partial charge in [0.05, 0.1) is 30.4 Å². The average molecular weight is 414 g/mol. The summed E-state index contributed by atoms with van der Waals surface area (Å²) in [6.45, 7) is 2.29. The molecule has 0 aliphatic rings. The third-order valence-corrected chi connectivity index (χ3v) is 5.10. The van der Waals surface area contributed by atoms with Crippen LogP contribution in [0.4, 0.5) is 0 Å². The molecule has 0 spiro atoms. The van der Waals surface area contributed by atoms with Gasteiger partial charge in [0.2, 0.25) is 0 Å². The number of fused-ring (bicyclic) bond motifs is 1. The van der Waals surface area contributed by atoms with Gasteiger partial charge in [-0.05, 0) is 37.3 Å². The van der Waals surface area contributed by atoms with Crippen LogP contribution in [-0.2, 0) is 20.9 Å². The predicted octanol–water partition coefficient (Wildman–Crippen LogP) is 3.17. The first-order valence-electron chi connectivity index (χ1n) is 9.19. The van der Waals surface area contributed by atoms with Crippen molar-refractivity contribution in [3.8, 4) is 11.5 Å². The molecule has 3 aromatic rings. The first kappa shape index (κ1) is 20.6. The lowest BCUT2D eigenvalue weighted by atomic mass is 10.3. The molecule has 0 radical (unpaired) electrons. The molecule has 1 amide bonds. The summed E-state index contributed by atoms with van der Waals surface area (Å²) in [7, 11) is 1.60. The van der Waals surface area contributed by atoms with Crippen molar-refractivity contribution in [1.29, 1.82) is 0 Å². The maximum absolute atomic E-state index is 12.4. The third kappa shape index (κ3) is 5.45. The number of amides is 1. The highest BCUT2D eigenvalue weighted by atomic mass is 32.1. The fourth-order valence-electron chi connectivity index (χ4n) is 2.72. The normalized spacial score (nSPS) is 11.4. The number of carbonyl (C=O) groups is 2. The van der Waals surface area contributed by atoms with E-state index in [0.717, 1.165) is 10.2 Å². The number of hydrogen-bond acceptors (Lipinski definition) is 6. The van der Waals surface area contributed by atoms with Crippen LogP contribution in [0.2, 0.25) is 0 Å². The summed E-state index contributed by atoms with van der Waals surface area (Å²) in [6, 6.07) is 14.7. The Morgan fingerprint density at radius 3 is 2.62 bits per heavy atom. The maximum Gasteiger partial charge on any atom is 0.307 e. The van der Waals surface area contributed by atoms with Crippen molar-refractivity contribution in [1.82, 2.24) is 4.57 Å². The lowest BCUT2D eigenvalue weighted by molar-refractivity contribution is -0.143.